The third-order valence-electron chi connectivity index (χ3n) is 2.98. The van der Waals surface area contributed by atoms with Gasteiger partial charge in [0.05, 0.1) is 10.0 Å². The molecule has 0 heterocycles. The van der Waals surface area contributed by atoms with Crippen molar-refractivity contribution < 1.29 is 18.7 Å². The predicted octanol–water partition coefficient (Wildman–Crippen LogP) is 3.36. The summed E-state index contributed by atoms with van der Waals surface area (Å²) in [6, 6.07) is 9.54. The summed E-state index contributed by atoms with van der Waals surface area (Å²) < 4.78 is 18.1. The molecule has 1 unspecified atom stereocenters. The maximum absolute atomic E-state index is 12.8. The van der Waals surface area contributed by atoms with E-state index in [9.17, 15) is 14.0 Å². The number of nitrogens with one attached hydrogen (secondary N) is 2. The van der Waals surface area contributed by atoms with Crippen LogP contribution in [0.2, 0.25) is 10.0 Å². The summed E-state index contributed by atoms with van der Waals surface area (Å²) >= 11 is 11.6. The molecule has 0 aliphatic rings. The highest BCUT2D eigenvalue weighted by Gasteiger charge is 2.16. The van der Waals surface area contributed by atoms with Crippen molar-refractivity contribution in [2.75, 3.05) is 0 Å². The van der Waals surface area contributed by atoms with Crippen molar-refractivity contribution in [3.05, 3.63) is 63.9 Å². The lowest BCUT2D eigenvalue weighted by atomic mass is 10.2. The highest BCUT2D eigenvalue weighted by atomic mass is 35.5. The van der Waals surface area contributed by atoms with Crippen molar-refractivity contribution in [3.8, 4) is 5.75 Å². The van der Waals surface area contributed by atoms with Crippen LogP contribution in [0.25, 0.3) is 0 Å². The van der Waals surface area contributed by atoms with E-state index in [2.05, 4.69) is 10.9 Å². The first-order valence-corrected chi connectivity index (χ1v) is 7.60. The molecule has 126 valence electrons. The van der Waals surface area contributed by atoms with Crippen LogP contribution in [0, 0.1) is 5.82 Å². The van der Waals surface area contributed by atoms with Gasteiger partial charge in [0, 0.05) is 5.56 Å². The number of hydrazine groups is 1. The number of benzene rings is 2. The molecule has 2 N–H and O–H groups in total. The average molecular weight is 371 g/mol. The molecule has 0 spiro atoms. The molecule has 0 saturated heterocycles. The molecule has 0 fully saturated rings. The van der Waals surface area contributed by atoms with Crippen molar-refractivity contribution in [2.45, 2.75) is 13.0 Å². The van der Waals surface area contributed by atoms with Gasteiger partial charge in [0.2, 0.25) is 0 Å². The predicted molar refractivity (Wildman–Crippen MR) is 88.6 cm³/mol. The van der Waals surface area contributed by atoms with Crippen LogP contribution in [0.5, 0.6) is 5.75 Å². The van der Waals surface area contributed by atoms with Gasteiger partial charge in [-0.05, 0) is 49.4 Å². The first kappa shape index (κ1) is 18.0. The van der Waals surface area contributed by atoms with Gasteiger partial charge >= 0.3 is 0 Å². The minimum atomic E-state index is -0.899. The second-order valence-corrected chi connectivity index (χ2v) is 5.60. The van der Waals surface area contributed by atoms with E-state index in [0.29, 0.717) is 10.8 Å². The second-order valence-electron chi connectivity index (χ2n) is 4.79. The fourth-order valence-electron chi connectivity index (χ4n) is 1.70. The van der Waals surface area contributed by atoms with Crippen LogP contribution in [0.4, 0.5) is 4.39 Å². The Morgan fingerprint density at radius 2 is 1.71 bits per heavy atom. The largest absolute Gasteiger partial charge is 0.481 e. The molecule has 2 aromatic carbocycles. The van der Waals surface area contributed by atoms with Gasteiger partial charge in [-0.1, -0.05) is 23.2 Å². The number of hydrogen-bond acceptors (Lipinski definition) is 3. The zero-order valence-corrected chi connectivity index (χ0v) is 14.0. The number of hydrogen-bond donors (Lipinski definition) is 2. The Labute approximate surface area is 147 Å². The Morgan fingerprint density at radius 3 is 2.33 bits per heavy atom. The van der Waals surface area contributed by atoms with Gasteiger partial charge in [-0.2, -0.15) is 0 Å². The maximum Gasteiger partial charge on any atom is 0.279 e. The Bertz CT molecular complexity index is 753. The highest BCUT2D eigenvalue weighted by Crippen LogP contribution is 2.22. The minimum absolute atomic E-state index is 0.226. The molecule has 2 aromatic rings. The van der Waals surface area contributed by atoms with E-state index in [4.69, 9.17) is 27.9 Å². The standard InChI is InChI=1S/C16H13Cl2FN2O3/c1-9(24-12-5-3-11(19)4-6-12)15(22)20-21-16(23)10-2-7-13(17)14(18)8-10/h2-9H,1H3,(H,20,22)(H,21,23). The molecule has 0 aliphatic heterocycles. The van der Waals surface area contributed by atoms with Gasteiger partial charge in [0.25, 0.3) is 11.8 Å². The molecular weight excluding hydrogens is 358 g/mol. The van der Waals surface area contributed by atoms with Crippen LogP contribution in [0.1, 0.15) is 17.3 Å². The van der Waals surface area contributed by atoms with Gasteiger partial charge < -0.3 is 4.74 Å². The zero-order valence-electron chi connectivity index (χ0n) is 12.5. The quantitative estimate of drug-likeness (QED) is 0.810. The molecular formula is C16H13Cl2FN2O3. The summed E-state index contributed by atoms with van der Waals surface area (Å²) in [6.45, 7) is 1.49. The molecule has 2 amide bonds. The molecule has 24 heavy (non-hydrogen) atoms. The SMILES string of the molecule is CC(Oc1ccc(F)cc1)C(=O)NNC(=O)c1ccc(Cl)c(Cl)c1. The number of ether oxygens (including phenoxy) is 1. The lowest BCUT2D eigenvalue weighted by Crippen LogP contribution is -2.47. The molecule has 0 aromatic heterocycles. The van der Waals surface area contributed by atoms with Gasteiger partial charge in [0.1, 0.15) is 11.6 Å². The van der Waals surface area contributed by atoms with Crippen LogP contribution in [-0.2, 0) is 4.79 Å². The molecule has 5 nitrogen and oxygen atoms in total. The summed E-state index contributed by atoms with van der Waals surface area (Å²) in [5.41, 5.74) is 4.71. The Kier molecular flexibility index (Phi) is 6.00. The third-order valence-corrected chi connectivity index (χ3v) is 3.72. The van der Waals surface area contributed by atoms with E-state index in [0.717, 1.165) is 0 Å². The number of rotatable bonds is 4. The Balaban J connectivity index is 1.88. The van der Waals surface area contributed by atoms with Crippen molar-refractivity contribution in [1.82, 2.24) is 10.9 Å². The lowest BCUT2D eigenvalue weighted by Gasteiger charge is -2.15. The van der Waals surface area contributed by atoms with Crippen LogP contribution in [0.15, 0.2) is 42.5 Å². The van der Waals surface area contributed by atoms with E-state index in [1.54, 1.807) is 0 Å². The van der Waals surface area contributed by atoms with E-state index >= 15 is 0 Å². The summed E-state index contributed by atoms with van der Waals surface area (Å²) in [5.74, 6) is -1.22. The van der Waals surface area contributed by atoms with Crippen LogP contribution >= 0.6 is 23.2 Å². The Morgan fingerprint density at radius 1 is 1.04 bits per heavy atom. The van der Waals surface area contributed by atoms with Gasteiger partial charge in [-0.25, -0.2) is 4.39 Å². The second kappa shape index (κ2) is 7.99. The molecule has 2 rings (SSSR count). The first-order valence-electron chi connectivity index (χ1n) is 6.84. The molecule has 0 bridgehead atoms. The zero-order chi connectivity index (χ0) is 17.7. The monoisotopic (exact) mass is 370 g/mol. The normalized spacial score (nSPS) is 11.5. The summed E-state index contributed by atoms with van der Waals surface area (Å²) in [7, 11) is 0. The summed E-state index contributed by atoms with van der Waals surface area (Å²) in [6.07, 6.45) is -0.899. The van der Waals surface area contributed by atoms with Crippen molar-refractivity contribution in [1.29, 1.82) is 0 Å². The van der Waals surface area contributed by atoms with Crippen LogP contribution in [0.3, 0.4) is 0 Å². The van der Waals surface area contributed by atoms with E-state index < -0.39 is 23.7 Å². The number of carbonyl (C=O) groups excluding carboxylic acids is 2. The van der Waals surface area contributed by atoms with Gasteiger partial charge in [0.15, 0.2) is 6.10 Å². The highest BCUT2D eigenvalue weighted by molar-refractivity contribution is 6.42. The molecule has 0 radical (unpaired) electrons. The maximum atomic E-state index is 12.8. The van der Waals surface area contributed by atoms with Crippen LogP contribution in [-0.4, -0.2) is 17.9 Å². The van der Waals surface area contributed by atoms with Gasteiger partial charge in [-0.15, -0.1) is 0 Å². The van der Waals surface area contributed by atoms with E-state index in [1.807, 2.05) is 0 Å². The Hall–Kier alpha value is -2.31. The molecule has 8 heteroatoms. The van der Waals surface area contributed by atoms with Crippen molar-refractivity contribution in [3.63, 3.8) is 0 Å². The number of halogens is 3. The van der Waals surface area contributed by atoms with Crippen molar-refractivity contribution in [2.24, 2.45) is 0 Å². The van der Waals surface area contributed by atoms with Crippen molar-refractivity contribution >= 4 is 35.0 Å². The van der Waals surface area contributed by atoms with Gasteiger partial charge in [-0.3, -0.25) is 20.4 Å². The first-order chi connectivity index (χ1) is 11.4. The third kappa shape index (κ3) is 4.84. The fraction of sp³-hybridized carbons (Fsp3) is 0.125. The number of amides is 2. The van der Waals surface area contributed by atoms with E-state index in [-0.39, 0.29) is 10.6 Å². The van der Waals surface area contributed by atoms with Crippen LogP contribution < -0.4 is 15.6 Å². The molecule has 0 aliphatic carbocycles. The molecule has 0 saturated carbocycles. The summed E-state index contributed by atoms with van der Waals surface area (Å²) in [5, 5.41) is 0.544. The van der Waals surface area contributed by atoms with E-state index in [1.165, 1.54) is 49.4 Å². The average Bonchev–Trinajstić information content (AvgIpc) is 2.56. The fourth-order valence-corrected chi connectivity index (χ4v) is 2.00. The minimum Gasteiger partial charge on any atom is -0.481 e. The number of carbonyl (C=O) groups is 2. The topological polar surface area (TPSA) is 67.4 Å². The smallest absolute Gasteiger partial charge is 0.279 e. The molecule has 1 atom stereocenters. The summed E-state index contributed by atoms with van der Waals surface area (Å²) in [4.78, 5) is 23.8. The lowest BCUT2D eigenvalue weighted by molar-refractivity contribution is -0.128.